The molecule has 1 aliphatic heterocycles. The second-order valence-corrected chi connectivity index (χ2v) is 3.61. The van der Waals surface area contributed by atoms with Crippen molar-refractivity contribution in [3.8, 4) is 0 Å². The van der Waals surface area contributed by atoms with Crippen LogP contribution in [0.2, 0.25) is 0 Å². The highest BCUT2D eigenvalue weighted by molar-refractivity contribution is 6.24. The van der Waals surface area contributed by atoms with Crippen LogP contribution in [0.1, 0.15) is 19.8 Å². The zero-order chi connectivity index (χ0) is 8.01. The highest BCUT2D eigenvalue weighted by Gasteiger charge is 2.39. The van der Waals surface area contributed by atoms with Crippen molar-refractivity contribution in [2.45, 2.75) is 31.3 Å². The van der Waals surface area contributed by atoms with E-state index in [2.05, 4.69) is 0 Å². The maximum absolute atomic E-state index is 11.4. The van der Waals surface area contributed by atoms with Gasteiger partial charge in [-0.2, -0.15) is 0 Å². The SMILES string of the molecule is CC1=CC(Cl)N(C2CC2)C1=O. The van der Waals surface area contributed by atoms with Crippen LogP contribution in [-0.2, 0) is 4.79 Å². The van der Waals surface area contributed by atoms with Crippen LogP contribution in [-0.4, -0.2) is 22.3 Å². The van der Waals surface area contributed by atoms with Gasteiger partial charge in [0.15, 0.2) is 0 Å². The summed E-state index contributed by atoms with van der Waals surface area (Å²) in [6, 6.07) is 0.429. The van der Waals surface area contributed by atoms with E-state index in [0.717, 1.165) is 18.4 Å². The summed E-state index contributed by atoms with van der Waals surface area (Å²) in [5.74, 6) is 0.118. The Labute approximate surface area is 70.8 Å². The van der Waals surface area contributed by atoms with E-state index in [4.69, 9.17) is 11.6 Å². The molecule has 3 heteroatoms. The van der Waals surface area contributed by atoms with Crippen LogP contribution in [0.4, 0.5) is 0 Å². The summed E-state index contributed by atoms with van der Waals surface area (Å²) in [6.45, 7) is 1.82. The molecule has 0 spiro atoms. The second-order valence-electron chi connectivity index (χ2n) is 3.17. The molecule has 1 fully saturated rings. The van der Waals surface area contributed by atoms with E-state index in [1.165, 1.54) is 0 Å². The van der Waals surface area contributed by atoms with Crippen LogP contribution in [0.25, 0.3) is 0 Å². The number of hydrogen-bond donors (Lipinski definition) is 0. The predicted molar refractivity (Wildman–Crippen MR) is 43.3 cm³/mol. The number of nitrogens with zero attached hydrogens (tertiary/aromatic N) is 1. The minimum atomic E-state index is -0.185. The molecule has 0 aromatic heterocycles. The summed E-state index contributed by atoms with van der Waals surface area (Å²) in [6.07, 6.45) is 4.06. The average molecular weight is 172 g/mol. The molecule has 0 bridgehead atoms. The Morgan fingerprint density at radius 2 is 2.27 bits per heavy atom. The molecule has 1 unspecified atom stereocenters. The highest BCUT2D eigenvalue weighted by Crippen LogP contribution is 2.34. The maximum atomic E-state index is 11.4. The molecule has 1 aliphatic carbocycles. The molecule has 60 valence electrons. The number of carbonyl (C=O) groups is 1. The van der Waals surface area contributed by atoms with Gasteiger partial charge in [-0.3, -0.25) is 4.79 Å². The summed E-state index contributed by atoms with van der Waals surface area (Å²) >= 11 is 5.93. The predicted octanol–water partition coefficient (Wildman–Crippen LogP) is 1.50. The Morgan fingerprint density at radius 3 is 2.64 bits per heavy atom. The third-order valence-corrected chi connectivity index (χ3v) is 2.50. The van der Waals surface area contributed by atoms with Crippen molar-refractivity contribution in [3.63, 3.8) is 0 Å². The number of halogens is 1. The normalized spacial score (nSPS) is 31.1. The minimum absolute atomic E-state index is 0.118. The monoisotopic (exact) mass is 171 g/mol. The summed E-state index contributed by atoms with van der Waals surface area (Å²) in [4.78, 5) is 13.1. The summed E-state index contributed by atoms with van der Waals surface area (Å²) < 4.78 is 0. The molecule has 1 amide bonds. The van der Waals surface area contributed by atoms with Crippen LogP contribution in [0.15, 0.2) is 11.6 Å². The van der Waals surface area contributed by atoms with Crippen LogP contribution in [0.3, 0.4) is 0 Å². The van der Waals surface area contributed by atoms with E-state index in [9.17, 15) is 4.79 Å². The summed E-state index contributed by atoms with van der Waals surface area (Å²) in [5.41, 5.74) is 0.604. The first-order valence-corrected chi connectivity index (χ1v) is 4.29. The zero-order valence-electron chi connectivity index (χ0n) is 6.38. The van der Waals surface area contributed by atoms with Crippen LogP contribution in [0.5, 0.6) is 0 Å². The Hall–Kier alpha value is -0.500. The van der Waals surface area contributed by atoms with E-state index in [1.807, 2.05) is 13.0 Å². The third kappa shape index (κ3) is 1.06. The van der Waals surface area contributed by atoms with Crippen molar-refractivity contribution < 1.29 is 4.79 Å². The van der Waals surface area contributed by atoms with E-state index < -0.39 is 0 Å². The molecule has 1 atom stereocenters. The first-order valence-electron chi connectivity index (χ1n) is 3.85. The van der Waals surface area contributed by atoms with Gasteiger partial charge in [-0.15, -0.1) is 0 Å². The minimum Gasteiger partial charge on any atom is -0.316 e. The standard InChI is InChI=1S/C8H10ClNO/c1-5-4-7(9)10(8(5)11)6-2-3-6/h4,6-7H,2-3H2,1H3. The fourth-order valence-corrected chi connectivity index (χ4v) is 1.83. The fraction of sp³-hybridized carbons (Fsp3) is 0.625. The van der Waals surface area contributed by atoms with E-state index >= 15 is 0 Å². The number of hydrogen-bond acceptors (Lipinski definition) is 1. The molecule has 1 saturated carbocycles. The zero-order valence-corrected chi connectivity index (χ0v) is 7.14. The molecule has 0 saturated heterocycles. The lowest BCUT2D eigenvalue weighted by Crippen LogP contribution is -2.33. The Morgan fingerprint density at radius 1 is 1.64 bits per heavy atom. The summed E-state index contributed by atoms with van der Waals surface area (Å²) in [5, 5.41) is 0. The van der Waals surface area contributed by atoms with Gasteiger partial charge in [0, 0.05) is 11.6 Å². The molecule has 0 aromatic rings. The molecule has 0 aromatic carbocycles. The molecule has 2 aliphatic rings. The van der Waals surface area contributed by atoms with Crippen molar-refractivity contribution in [3.05, 3.63) is 11.6 Å². The van der Waals surface area contributed by atoms with Gasteiger partial charge in [-0.1, -0.05) is 11.6 Å². The third-order valence-electron chi connectivity index (χ3n) is 2.17. The molecule has 2 rings (SSSR count). The van der Waals surface area contributed by atoms with Gasteiger partial charge in [-0.25, -0.2) is 0 Å². The van der Waals surface area contributed by atoms with Gasteiger partial charge in [0.25, 0.3) is 5.91 Å². The van der Waals surface area contributed by atoms with Crippen molar-refractivity contribution in [2.75, 3.05) is 0 Å². The van der Waals surface area contributed by atoms with Crippen molar-refractivity contribution in [1.29, 1.82) is 0 Å². The van der Waals surface area contributed by atoms with Gasteiger partial charge >= 0.3 is 0 Å². The van der Waals surface area contributed by atoms with Crippen molar-refractivity contribution >= 4 is 17.5 Å². The van der Waals surface area contributed by atoms with E-state index in [-0.39, 0.29) is 11.4 Å². The van der Waals surface area contributed by atoms with Gasteiger partial charge < -0.3 is 4.90 Å². The molecule has 2 nitrogen and oxygen atoms in total. The van der Waals surface area contributed by atoms with E-state index in [1.54, 1.807) is 4.90 Å². The average Bonchev–Trinajstić information content (AvgIpc) is 2.68. The molecule has 0 radical (unpaired) electrons. The molecular weight excluding hydrogens is 162 g/mol. The quantitative estimate of drug-likeness (QED) is 0.433. The van der Waals surface area contributed by atoms with E-state index in [0.29, 0.717) is 6.04 Å². The number of carbonyl (C=O) groups excluding carboxylic acids is 1. The first kappa shape index (κ1) is 7.17. The largest absolute Gasteiger partial charge is 0.316 e. The lowest BCUT2D eigenvalue weighted by atomic mass is 10.3. The fourth-order valence-electron chi connectivity index (χ4n) is 1.39. The smallest absolute Gasteiger partial charge is 0.250 e. The Kier molecular flexibility index (Phi) is 1.46. The topological polar surface area (TPSA) is 20.3 Å². The molecule has 1 heterocycles. The Balaban J connectivity index is 2.18. The maximum Gasteiger partial charge on any atom is 0.250 e. The van der Waals surface area contributed by atoms with Crippen LogP contribution in [0, 0.1) is 0 Å². The molecule has 11 heavy (non-hydrogen) atoms. The second kappa shape index (κ2) is 2.24. The lowest BCUT2D eigenvalue weighted by Gasteiger charge is -2.19. The highest BCUT2D eigenvalue weighted by atomic mass is 35.5. The van der Waals surface area contributed by atoms with Gasteiger partial charge in [-0.05, 0) is 25.8 Å². The number of rotatable bonds is 1. The molecule has 0 N–H and O–H groups in total. The number of alkyl halides is 1. The number of amides is 1. The van der Waals surface area contributed by atoms with Gasteiger partial charge in [0.2, 0.25) is 0 Å². The van der Waals surface area contributed by atoms with Gasteiger partial charge in [0.05, 0.1) is 0 Å². The van der Waals surface area contributed by atoms with Crippen molar-refractivity contribution in [2.24, 2.45) is 0 Å². The van der Waals surface area contributed by atoms with Crippen LogP contribution >= 0.6 is 11.6 Å². The summed E-state index contributed by atoms with van der Waals surface area (Å²) in [7, 11) is 0. The first-order chi connectivity index (χ1) is 5.20. The van der Waals surface area contributed by atoms with Crippen molar-refractivity contribution in [1.82, 2.24) is 4.90 Å². The van der Waals surface area contributed by atoms with Crippen LogP contribution < -0.4 is 0 Å². The molecular formula is C8H10ClNO. The Bertz CT molecular complexity index is 232. The van der Waals surface area contributed by atoms with Gasteiger partial charge in [0.1, 0.15) is 5.50 Å². The lowest BCUT2D eigenvalue weighted by molar-refractivity contribution is -0.126.